The zero-order valence-electron chi connectivity index (χ0n) is 15.6. The van der Waals surface area contributed by atoms with Gasteiger partial charge in [0.2, 0.25) is 0 Å². The van der Waals surface area contributed by atoms with Crippen LogP contribution in [0.2, 0.25) is 0 Å². The van der Waals surface area contributed by atoms with E-state index in [9.17, 15) is 4.79 Å². The number of halogens is 1. The van der Waals surface area contributed by atoms with Crippen LogP contribution in [-0.4, -0.2) is 10.9 Å². The molecule has 0 radical (unpaired) electrons. The number of nitrogens with zero attached hydrogens (tertiary/aromatic N) is 1. The Labute approximate surface area is 170 Å². The van der Waals surface area contributed by atoms with Gasteiger partial charge in [-0.05, 0) is 51.7 Å². The van der Waals surface area contributed by atoms with Crippen LogP contribution in [0.3, 0.4) is 0 Å². The van der Waals surface area contributed by atoms with E-state index < -0.39 is 0 Å². The zero-order valence-corrected chi connectivity index (χ0v) is 18.8. The van der Waals surface area contributed by atoms with Gasteiger partial charge in [0.25, 0.3) is 0 Å². The Kier molecular flexibility index (Phi) is 8.11. The lowest BCUT2D eigenvalue weighted by Crippen LogP contribution is -2.07. The highest BCUT2D eigenvalue weighted by Gasteiger charge is 2.20. The van der Waals surface area contributed by atoms with E-state index in [1.165, 1.54) is 5.56 Å². The molecule has 0 aliphatic heterocycles. The average Bonchev–Trinajstić information content (AvgIpc) is 2.97. The van der Waals surface area contributed by atoms with Crippen molar-refractivity contribution in [2.45, 2.75) is 40.2 Å². The molecule has 0 amide bonds. The van der Waals surface area contributed by atoms with Crippen LogP contribution < -0.4 is 4.52 Å². The van der Waals surface area contributed by atoms with Crippen LogP contribution in [0.15, 0.2) is 48.5 Å². The van der Waals surface area contributed by atoms with E-state index in [1.54, 1.807) is 0 Å². The molecule has 1 heterocycles. The molecule has 0 saturated carbocycles. The Morgan fingerprint density at radius 1 is 1.15 bits per heavy atom. The summed E-state index contributed by atoms with van der Waals surface area (Å²) in [5, 5.41) is 0.969. The molecule has 5 heteroatoms. The van der Waals surface area contributed by atoms with Crippen molar-refractivity contribution in [1.29, 1.82) is 0 Å². The largest absolute Gasteiger partial charge is 0.467 e. The smallest absolute Gasteiger partial charge is 0.152 e. The molecule has 0 N–H and O–H groups in total. The third-order valence-electron chi connectivity index (χ3n) is 4.12. The van der Waals surface area contributed by atoms with Gasteiger partial charge in [0, 0.05) is 28.7 Å². The maximum Gasteiger partial charge on any atom is 0.152 e. The molecule has 26 heavy (non-hydrogen) atoms. The Morgan fingerprint density at radius 2 is 1.85 bits per heavy atom. The van der Waals surface area contributed by atoms with Crippen molar-refractivity contribution in [2.75, 3.05) is 0 Å². The van der Waals surface area contributed by atoms with E-state index in [0.717, 1.165) is 40.7 Å². The third kappa shape index (κ3) is 4.47. The lowest BCUT2D eigenvalue weighted by Gasteiger charge is -2.14. The molecule has 1 unspecified atom stereocenters. The molecule has 0 aliphatic rings. The number of benzene rings is 2. The van der Waals surface area contributed by atoms with E-state index in [0.29, 0.717) is 6.45 Å². The first-order valence-corrected chi connectivity index (χ1v) is 12.9. The van der Waals surface area contributed by atoms with Crippen LogP contribution in [0, 0.1) is 0 Å². The molecular formula is C21H25INO2P. The average molecular weight is 481 g/mol. The van der Waals surface area contributed by atoms with Gasteiger partial charge in [0.05, 0.1) is 0 Å². The normalized spacial score (nSPS) is 11.0. The number of aromatic nitrogens is 1. The first-order chi connectivity index (χ1) is 12.7. The number of carbonyl (C=O) groups is 1. The van der Waals surface area contributed by atoms with Crippen LogP contribution in [0.5, 0.6) is 5.75 Å². The summed E-state index contributed by atoms with van der Waals surface area (Å²) in [5.74, 6) is 1.07. The van der Waals surface area contributed by atoms with E-state index in [-0.39, 0.29) is 5.92 Å². The zero-order chi connectivity index (χ0) is 19.1. The van der Waals surface area contributed by atoms with E-state index in [2.05, 4.69) is 58.7 Å². The van der Waals surface area contributed by atoms with Crippen molar-refractivity contribution in [1.82, 2.24) is 4.57 Å². The molecule has 3 rings (SSSR count). The second-order valence-electron chi connectivity index (χ2n) is 6.00. The standard InChI is InChI=1S/C19H19INO2P.C2H6/c1-13(2)19-17(12-22)16-10-15(23-24-20)8-9-18(16)21(19)11-14-6-4-3-5-7-14;1-2/h3-10,12-13,24H,11H2,1-2H3;1-2H3. The number of hydrogen-bond donors (Lipinski definition) is 0. The summed E-state index contributed by atoms with van der Waals surface area (Å²) < 4.78 is 7.89. The van der Waals surface area contributed by atoms with Crippen molar-refractivity contribution in [3.05, 3.63) is 65.4 Å². The predicted molar refractivity (Wildman–Crippen MR) is 121 cm³/mol. The van der Waals surface area contributed by atoms with Crippen molar-refractivity contribution in [2.24, 2.45) is 0 Å². The van der Waals surface area contributed by atoms with Gasteiger partial charge in [0.1, 0.15) is 12.2 Å². The van der Waals surface area contributed by atoms with Gasteiger partial charge in [-0.2, -0.15) is 0 Å². The van der Waals surface area contributed by atoms with E-state index in [1.807, 2.05) is 44.2 Å². The Hall–Kier alpha value is -1.39. The molecule has 1 atom stereocenters. The van der Waals surface area contributed by atoms with Crippen LogP contribution >= 0.6 is 28.5 Å². The fourth-order valence-corrected chi connectivity index (χ4v) is 4.15. The molecule has 2 aromatic carbocycles. The quantitative estimate of drug-likeness (QED) is 0.216. The van der Waals surface area contributed by atoms with Crippen molar-refractivity contribution in [3.63, 3.8) is 0 Å². The fourth-order valence-electron chi connectivity index (χ4n) is 3.17. The fraction of sp³-hybridized carbons (Fsp3) is 0.286. The van der Waals surface area contributed by atoms with E-state index in [4.69, 9.17) is 4.52 Å². The molecule has 0 bridgehead atoms. The summed E-state index contributed by atoms with van der Waals surface area (Å²) in [7, 11) is 0. The summed E-state index contributed by atoms with van der Waals surface area (Å²) in [4.78, 5) is 11.8. The van der Waals surface area contributed by atoms with E-state index >= 15 is 0 Å². The van der Waals surface area contributed by atoms with Crippen molar-refractivity contribution < 1.29 is 9.32 Å². The van der Waals surface area contributed by atoms with Crippen LogP contribution in [-0.2, 0) is 6.54 Å². The number of carbonyl (C=O) groups excluding carboxylic acids is 1. The Balaban J connectivity index is 0.00000117. The molecule has 0 spiro atoms. The highest BCUT2D eigenvalue weighted by molar-refractivity contribution is 14.2. The summed E-state index contributed by atoms with van der Waals surface area (Å²) >= 11 is 2.20. The number of rotatable bonds is 6. The van der Waals surface area contributed by atoms with Crippen LogP contribution in [0.25, 0.3) is 10.9 Å². The minimum atomic E-state index is 0.261. The minimum absolute atomic E-state index is 0.261. The first-order valence-electron chi connectivity index (χ1n) is 8.83. The molecule has 0 aliphatic carbocycles. The van der Waals surface area contributed by atoms with Gasteiger partial charge in [-0.15, -0.1) is 0 Å². The maximum atomic E-state index is 11.8. The van der Waals surface area contributed by atoms with Gasteiger partial charge < -0.3 is 9.09 Å². The summed E-state index contributed by atoms with van der Waals surface area (Å²) in [6, 6.07) is 16.4. The molecule has 0 saturated heterocycles. The Bertz CT molecular complexity index is 859. The molecule has 138 valence electrons. The number of hydrogen-bond acceptors (Lipinski definition) is 2. The second kappa shape index (κ2) is 10.1. The monoisotopic (exact) mass is 481 g/mol. The summed E-state index contributed by atoms with van der Waals surface area (Å²) in [5.41, 5.74) is 4.16. The van der Waals surface area contributed by atoms with Gasteiger partial charge in [-0.25, -0.2) is 0 Å². The van der Waals surface area contributed by atoms with Gasteiger partial charge in [0.15, 0.2) is 6.29 Å². The molecule has 1 aromatic heterocycles. The third-order valence-corrected chi connectivity index (χ3v) is 5.09. The SMILES string of the molecule is CC.CC(C)c1c(C=O)c2cc(OPI)ccc2n1Cc1ccccc1. The van der Waals surface area contributed by atoms with Crippen molar-refractivity contribution in [3.8, 4) is 5.75 Å². The maximum absolute atomic E-state index is 11.8. The highest BCUT2D eigenvalue weighted by Crippen LogP contribution is 2.35. The van der Waals surface area contributed by atoms with Gasteiger partial charge in [-0.1, -0.05) is 58.0 Å². The van der Waals surface area contributed by atoms with Gasteiger partial charge >= 0.3 is 0 Å². The Morgan fingerprint density at radius 3 is 2.42 bits per heavy atom. The first kappa shape index (κ1) is 20.9. The van der Waals surface area contributed by atoms with Crippen LogP contribution in [0.4, 0.5) is 0 Å². The predicted octanol–water partition coefficient (Wildman–Crippen LogP) is 6.97. The van der Waals surface area contributed by atoms with Crippen molar-refractivity contribution >= 4 is 45.7 Å². The summed E-state index contributed by atoms with van der Waals surface area (Å²) in [6.45, 7) is 9.38. The molecule has 3 nitrogen and oxygen atoms in total. The van der Waals surface area contributed by atoms with Gasteiger partial charge in [-0.3, -0.25) is 4.79 Å². The number of aldehydes is 1. The second-order valence-corrected chi connectivity index (χ2v) is 7.68. The molecular weight excluding hydrogens is 456 g/mol. The van der Waals surface area contributed by atoms with Crippen LogP contribution in [0.1, 0.15) is 55.2 Å². The minimum Gasteiger partial charge on any atom is -0.467 e. The summed E-state index contributed by atoms with van der Waals surface area (Å²) in [6.07, 6.45) is 0.981. The number of fused-ring (bicyclic) bond motifs is 1. The molecule has 0 fully saturated rings. The lowest BCUT2D eigenvalue weighted by atomic mass is 10.0. The highest BCUT2D eigenvalue weighted by atomic mass is 127. The topological polar surface area (TPSA) is 31.2 Å². The lowest BCUT2D eigenvalue weighted by molar-refractivity contribution is 0.112. The molecule has 3 aromatic rings.